The van der Waals surface area contributed by atoms with Crippen LogP contribution in [0.3, 0.4) is 0 Å². The van der Waals surface area contributed by atoms with E-state index in [1.54, 1.807) is 5.01 Å². The number of nitrogens with one attached hydrogen (secondary N) is 1. The van der Waals surface area contributed by atoms with Crippen molar-refractivity contribution < 1.29 is 14.6 Å². The number of anilines is 1. The highest BCUT2D eigenvalue weighted by Crippen LogP contribution is 2.38. The second-order valence-corrected chi connectivity index (χ2v) is 8.16. The largest absolute Gasteiger partial charge is 0.491 e. The Kier molecular flexibility index (Phi) is 6.95. The zero-order chi connectivity index (χ0) is 22.5. The van der Waals surface area contributed by atoms with E-state index in [9.17, 15) is 0 Å². The number of aliphatic hydroxyl groups excluding tert-OH is 1. The van der Waals surface area contributed by atoms with Crippen LogP contribution in [0.25, 0.3) is 5.57 Å². The molecule has 0 saturated carbocycles. The van der Waals surface area contributed by atoms with Crippen LogP contribution in [0, 0.1) is 13.8 Å². The SMILES string of the molecule is Cc1ccc2c(c1)NC=C1C2=CC(CCc2ccc(OCCOCCO)cc2C)=CN1N. The molecule has 6 heteroatoms. The molecule has 0 amide bonds. The number of rotatable bonds is 9. The summed E-state index contributed by atoms with van der Waals surface area (Å²) in [5.41, 5.74) is 9.35. The summed E-state index contributed by atoms with van der Waals surface area (Å²) >= 11 is 0. The second-order valence-electron chi connectivity index (χ2n) is 8.16. The molecule has 168 valence electrons. The minimum atomic E-state index is 0.0313. The number of benzene rings is 2. The van der Waals surface area contributed by atoms with E-state index in [1.165, 1.54) is 27.8 Å². The Morgan fingerprint density at radius 2 is 1.91 bits per heavy atom. The van der Waals surface area contributed by atoms with Crippen molar-refractivity contribution in [2.45, 2.75) is 26.7 Å². The first kappa shape index (κ1) is 22.1. The first-order valence-electron chi connectivity index (χ1n) is 11.0. The zero-order valence-corrected chi connectivity index (χ0v) is 18.7. The molecule has 2 aliphatic heterocycles. The summed E-state index contributed by atoms with van der Waals surface area (Å²) in [7, 11) is 0. The Morgan fingerprint density at radius 3 is 2.72 bits per heavy atom. The molecule has 0 saturated heterocycles. The molecular weight excluding hydrogens is 402 g/mol. The summed E-state index contributed by atoms with van der Waals surface area (Å²) in [4.78, 5) is 0. The van der Waals surface area contributed by atoms with Crippen molar-refractivity contribution in [1.29, 1.82) is 0 Å². The lowest BCUT2D eigenvalue weighted by atomic mass is 9.91. The lowest BCUT2D eigenvalue weighted by molar-refractivity contribution is 0.0705. The monoisotopic (exact) mass is 433 g/mol. The molecule has 0 spiro atoms. The molecule has 2 aromatic rings. The third kappa shape index (κ3) is 5.05. The van der Waals surface area contributed by atoms with E-state index in [4.69, 9.17) is 20.4 Å². The van der Waals surface area contributed by atoms with E-state index in [2.05, 4.69) is 55.6 Å². The van der Waals surface area contributed by atoms with Gasteiger partial charge in [0.25, 0.3) is 0 Å². The topological polar surface area (TPSA) is 80.0 Å². The standard InChI is InChI=1S/C26H31N3O3/c1-18-3-8-23-24-15-20(17-29(27)26(24)16-28-25(23)13-18)4-5-21-6-7-22(14-19(21)2)32-12-11-31-10-9-30/h3,6-8,13-17,28,30H,4-5,9-12,27H2,1-2H3. The van der Waals surface area contributed by atoms with E-state index < -0.39 is 0 Å². The quantitative estimate of drug-likeness (QED) is 0.409. The molecule has 4 rings (SSSR count). The van der Waals surface area contributed by atoms with Gasteiger partial charge in [0.05, 0.1) is 25.5 Å². The lowest BCUT2D eigenvalue weighted by Gasteiger charge is -2.30. The minimum Gasteiger partial charge on any atom is -0.491 e. The van der Waals surface area contributed by atoms with Crippen molar-refractivity contribution in [3.05, 3.63) is 88.4 Å². The van der Waals surface area contributed by atoms with E-state index >= 15 is 0 Å². The number of allylic oxidation sites excluding steroid dienone is 3. The van der Waals surface area contributed by atoms with E-state index in [-0.39, 0.29) is 6.61 Å². The van der Waals surface area contributed by atoms with Gasteiger partial charge in [-0.2, -0.15) is 0 Å². The normalized spacial score (nSPS) is 14.6. The van der Waals surface area contributed by atoms with Gasteiger partial charge in [0.2, 0.25) is 0 Å². The molecule has 2 aliphatic rings. The molecule has 0 aromatic heterocycles. The van der Waals surface area contributed by atoms with Gasteiger partial charge in [-0.15, -0.1) is 0 Å². The Bertz CT molecular complexity index is 1070. The number of ether oxygens (including phenoxy) is 2. The maximum Gasteiger partial charge on any atom is 0.119 e. The molecule has 32 heavy (non-hydrogen) atoms. The van der Waals surface area contributed by atoms with E-state index in [1.807, 2.05) is 18.5 Å². The van der Waals surface area contributed by atoms with Crippen LogP contribution in [0.5, 0.6) is 5.75 Å². The molecule has 0 atom stereocenters. The molecule has 4 N–H and O–H groups in total. The van der Waals surface area contributed by atoms with Gasteiger partial charge in [0, 0.05) is 29.2 Å². The summed E-state index contributed by atoms with van der Waals surface area (Å²) in [6.45, 7) is 5.52. The fourth-order valence-corrected chi connectivity index (χ4v) is 4.05. The fraction of sp³-hybridized carbons (Fsp3) is 0.308. The van der Waals surface area contributed by atoms with Crippen molar-refractivity contribution in [2.75, 3.05) is 31.7 Å². The maximum atomic E-state index is 8.73. The highest BCUT2D eigenvalue weighted by molar-refractivity contribution is 5.90. The Balaban J connectivity index is 1.41. The van der Waals surface area contributed by atoms with Gasteiger partial charge >= 0.3 is 0 Å². The van der Waals surface area contributed by atoms with Gasteiger partial charge in [-0.3, -0.25) is 5.01 Å². The number of aryl methyl sites for hydroxylation is 3. The second kappa shape index (κ2) is 10.0. The molecule has 0 unspecified atom stereocenters. The predicted octanol–water partition coefficient (Wildman–Crippen LogP) is 4.05. The van der Waals surface area contributed by atoms with Crippen molar-refractivity contribution in [1.82, 2.24) is 5.01 Å². The Labute approximate surface area is 189 Å². The predicted molar refractivity (Wildman–Crippen MR) is 128 cm³/mol. The third-order valence-corrected chi connectivity index (χ3v) is 5.75. The van der Waals surface area contributed by atoms with Crippen LogP contribution in [-0.4, -0.2) is 36.5 Å². The van der Waals surface area contributed by atoms with E-state index in [0.29, 0.717) is 19.8 Å². The van der Waals surface area contributed by atoms with Crippen LogP contribution in [0.2, 0.25) is 0 Å². The molecule has 0 aliphatic carbocycles. The zero-order valence-electron chi connectivity index (χ0n) is 18.7. The van der Waals surface area contributed by atoms with E-state index in [0.717, 1.165) is 35.5 Å². The minimum absolute atomic E-state index is 0.0313. The van der Waals surface area contributed by atoms with Gasteiger partial charge in [-0.1, -0.05) is 18.2 Å². The summed E-state index contributed by atoms with van der Waals surface area (Å²) < 4.78 is 11.0. The lowest BCUT2D eigenvalue weighted by Crippen LogP contribution is -2.30. The van der Waals surface area contributed by atoms with Crippen molar-refractivity contribution in [2.24, 2.45) is 5.84 Å². The average Bonchev–Trinajstić information content (AvgIpc) is 2.78. The van der Waals surface area contributed by atoms with Crippen LogP contribution < -0.4 is 15.9 Å². The fourth-order valence-electron chi connectivity index (χ4n) is 4.05. The highest BCUT2D eigenvalue weighted by atomic mass is 16.5. The van der Waals surface area contributed by atoms with Crippen molar-refractivity contribution in [3.63, 3.8) is 0 Å². The number of nitrogens with two attached hydrogens (primary N) is 1. The number of nitrogens with zero attached hydrogens (tertiary/aromatic N) is 1. The molecule has 0 fully saturated rings. The molecule has 2 aromatic carbocycles. The van der Waals surface area contributed by atoms with Crippen LogP contribution >= 0.6 is 0 Å². The number of fused-ring (bicyclic) bond motifs is 3. The van der Waals surface area contributed by atoms with Gasteiger partial charge in [0.1, 0.15) is 12.4 Å². The van der Waals surface area contributed by atoms with Crippen molar-refractivity contribution in [3.8, 4) is 5.75 Å². The van der Waals surface area contributed by atoms with Gasteiger partial charge in [0.15, 0.2) is 0 Å². The summed E-state index contributed by atoms with van der Waals surface area (Å²) in [5.74, 6) is 7.17. The molecule has 0 radical (unpaired) electrons. The van der Waals surface area contributed by atoms with Gasteiger partial charge in [-0.05, 0) is 73.2 Å². The average molecular weight is 434 g/mol. The number of hydrogen-bond donors (Lipinski definition) is 3. The first-order valence-corrected chi connectivity index (χ1v) is 11.0. The maximum absolute atomic E-state index is 8.73. The van der Waals surface area contributed by atoms with Gasteiger partial charge < -0.3 is 19.9 Å². The highest BCUT2D eigenvalue weighted by Gasteiger charge is 2.23. The Morgan fingerprint density at radius 1 is 1.03 bits per heavy atom. The number of hydrogen-bond acceptors (Lipinski definition) is 6. The molecule has 6 nitrogen and oxygen atoms in total. The number of aliphatic hydroxyl groups is 1. The van der Waals surface area contributed by atoms with Crippen LogP contribution in [0.15, 0.2) is 66.1 Å². The van der Waals surface area contributed by atoms with Crippen LogP contribution in [-0.2, 0) is 11.2 Å². The molecule has 0 bridgehead atoms. The Hall–Kier alpha value is -3.06. The van der Waals surface area contributed by atoms with Crippen molar-refractivity contribution >= 4 is 11.3 Å². The molecule has 2 heterocycles. The summed E-state index contributed by atoms with van der Waals surface area (Å²) in [6.07, 6.45) is 8.06. The van der Waals surface area contributed by atoms with Gasteiger partial charge in [-0.25, -0.2) is 5.84 Å². The van der Waals surface area contributed by atoms with Crippen LogP contribution in [0.4, 0.5) is 5.69 Å². The summed E-state index contributed by atoms with van der Waals surface area (Å²) in [6, 6.07) is 12.7. The third-order valence-electron chi connectivity index (χ3n) is 5.75. The molecular formula is C26H31N3O3. The number of hydrazine groups is 1. The smallest absolute Gasteiger partial charge is 0.119 e. The summed E-state index contributed by atoms with van der Waals surface area (Å²) in [5, 5.41) is 13.8. The first-order chi connectivity index (χ1) is 15.5. The van der Waals surface area contributed by atoms with Crippen LogP contribution in [0.1, 0.15) is 28.7 Å².